The minimum absolute atomic E-state index is 0.105. The first kappa shape index (κ1) is 86.1. The minimum Gasteiger partial charge on any atom is -0.462 e. The van der Waals surface area contributed by atoms with Gasteiger partial charge in [0.1, 0.15) is 19.3 Å². The van der Waals surface area contributed by atoms with Crippen molar-refractivity contribution in [3.8, 4) is 0 Å². The molecule has 0 rings (SSSR count). The molecule has 0 spiro atoms. The number of carbonyl (C=O) groups excluding carboxylic acids is 4. The molecule has 0 aliphatic heterocycles. The topological polar surface area (TPSA) is 237 Å². The first-order valence-electron chi connectivity index (χ1n) is 36.2. The normalized spacial score (nSPS) is 14.4. The summed E-state index contributed by atoms with van der Waals surface area (Å²) in [7, 11) is -9.88. The maximum atomic E-state index is 13.0. The van der Waals surface area contributed by atoms with Gasteiger partial charge in [0.05, 0.1) is 26.4 Å². The van der Waals surface area contributed by atoms with Gasteiger partial charge in [0.2, 0.25) is 0 Å². The second-order valence-corrected chi connectivity index (χ2v) is 28.1. The zero-order valence-electron chi connectivity index (χ0n) is 56.9. The van der Waals surface area contributed by atoms with Gasteiger partial charge in [-0.25, -0.2) is 9.13 Å². The summed E-state index contributed by atoms with van der Waals surface area (Å²) in [6, 6.07) is 0. The van der Waals surface area contributed by atoms with E-state index in [-0.39, 0.29) is 25.7 Å². The van der Waals surface area contributed by atoms with E-state index in [9.17, 15) is 43.2 Å². The van der Waals surface area contributed by atoms with Gasteiger partial charge < -0.3 is 33.8 Å². The fourth-order valence-electron chi connectivity index (χ4n) is 10.4. The number of unbranched alkanes of at least 4 members (excludes halogenated alkanes) is 40. The van der Waals surface area contributed by atoms with Gasteiger partial charge in [-0.1, -0.05) is 304 Å². The van der Waals surface area contributed by atoms with Crippen LogP contribution in [0.25, 0.3) is 0 Å². The third-order valence-corrected chi connectivity index (χ3v) is 18.3. The average Bonchev–Trinajstić information content (AvgIpc) is 3.71. The van der Waals surface area contributed by atoms with E-state index in [0.717, 1.165) is 109 Å². The molecule has 3 unspecified atom stereocenters. The number of hydrogen-bond donors (Lipinski definition) is 3. The summed E-state index contributed by atoms with van der Waals surface area (Å²) in [6.07, 6.45) is 48.8. The molecule has 0 heterocycles. The highest BCUT2D eigenvalue weighted by Gasteiger charge is 2.30. The summed E-state index contributed by atoms with van der Waals surface area (Å²) >= 11 is 0. The molecule has 0 aliphatic rings. The summed E-state index contributed by atoms with van der Waals surface area (Å²) in [4.78, 5) is 72.2. The van der Waals surface area contributed by atoms with Gasteiger partial charge in [-0.05, 0) is 31.6 Å². The highest BCUT2D eigenvalue weighted by Crippen LogP contribution is 2.45. The van der Waals surface area contributed by atoms with Crippen LogP contribution in [0.3, 0.4) is 0 Å². The Morgan fingerprint density at radius 3 is 0.807 bits per heavy atom. The van der Waals surface area contributed by atoms with E-state index < -0.39 is 97.5 Å². The van der Waals surface area contributed by atoms with Crippen LogP contribution in [0.2, 0.25) is 0 Å². The number of phosphoric ester groups is 2. The van der Waals surface area contributed by atoms with Gasteiger partial charge in [-0.3, -0.25) is 37.3 Å². The van der Waals surface area contributed by atoms with Crippen molar-refractivity contribution in [3.05, 3.63) is 0 Å². The van der Waals surface area contributed by atoms with E-state index in [1.807, 2.05) is 0 Å². The molecular formula is C69H134O17P2. The molecule has 6 atom stereocenters. The number of rotatable bonds is 69. The standard InChI is InChI=1S/C69H134O17P2/c1-6-10-13-16-19-22-34-39-43-48-53-67(72)80-59-65(86-69(74)55-50-45-40-35-32-30-28-26-24-23-25-27-29-31-33-36-41-46-51-62(5)9-4)61-84-88(77,78)82-57-63(70)56-81-87(75,76)83-60-64(85-68(73)54-49-44-38-21-18-15-12-8-3)58-79-66(71)52-47-42-37-20-17-14-11-7-2/h62-65,70H,6-61H2,1-5H3,(H,75,76)(H,77,78)/t62?,63-,64+,65+/m0/s1. The van der Waals surface area contributed by atoms with Gasteiger partial charge in [0.15, 0.2) is 12.2 Å². The zero-order chi connectivity index (χ0) is 64.9. The van der Waals surface area contributed by atoms with Crippen molar-refractivity contribution in [3.63, 3.8) is 0 Å². The Balaban J connectivity index is 5.08. The van der Waals surface area contributed by atoms with Crippen LogP contribution in [-0.4, -0.2) is 96.7 Å². The Morgan fingerprint density at radius 1 is 0.318 bits per heavy atom. The SMILES string of the molecule is CCCCCCCCCCCCC(=O)OC[C@H](COP(=O)(O)OC[C@@H](O)COP(=O)(O)OC[C@@H](COC(=O)CCCCCCCCCC)OC(=O)CCCCCCCCCC)OC(=O)CCCCCCCCCCCCCCCCCCCCC(C)CC. The Kier molecular flexibility index (Phi) is 61.1. The molecule has 0 fully saturated rings. The maximum Gasteiger partial charge on any atom is 0.472 e. The first-order chi connectivity index (χ1) is 42.6. The van der Waals surface area contributed by atoms with Gasteiger partial charge >= 0.3 is 39.5 Å². The smallest absolute Gasteiger partial charge is 0.462 e. The lowest BCUT2D eigenvalue weighted by Gasteiger charge is -2.21. The quantitative estimate of drug-likeness (QED) is 0.0222. The molecule has 0 aromatic carbocycles. The lowest BCUT2D eigenvalue weighted by molar-refractivity contribution is -0.161. The average molecular weight is 1300 g/mol. The van der Waals surface area contributed by atoms with E-state index in [1.54, 1.807) is 0 Å². The Labute approximate surface area is 537 Å². The van der Waals surface area contributed by atoms with E-state index in [1.165, 1.54) is 167 Å². The summed E-state index contributed by atoms with van der Waals surface area (Å²) in [5.74, 6) is -1.26. The Hall–Kier alpha value is -1.94. The molecule has 17 nitrogen and oxygen atoms in total. The van der Waals surface area contributed by atoms with E-state index in [2.05, 4.69) is 34.6 Å². The highest BCUT2D eigenvalue weighted by atomic mass is 31.2. The molecule has 0 aromatic heterocycles. The molecule has 0 radical (unpaired) electrons. The van der Waals surface area contributed by atoms with Crippen LogP contribution in [0.1, 0.15) is 356 Å². The van der Waals surface area contributed by atoms with Crippen molar-refractivity contribution >= 4 is 39.5 Å². The van der Waals surface area contributed by atoms with E-state index in [0.29, 0.717) is 25.7 Å². The molecule has 19 heteroatoms. The summed E-state index contributed by atoms with van der Waals surface area (Å²) < 4.78 is 68.0. The van der Waals surface area contributed by atoms with E-state index >= 15 is 0 Å². The molecule has 0 aromatic rings. The second kappa shape index (κ2) is 62.5. The number of carbonyl (C=O) groups is 4. The third-order valence-electron chi connectivity index (χ3n) is 16.4. The van der Waals surface area contributed by atoms with Gasteiger partial charge in [-0.15, -0.1) is 0 Å². The van der Waals surface area contributed by atoms with Gasteiger partial charge in [0, 0.05) is 25.7 Å². The molecule has 0 aliphatic carbocycles. The Bertz CT molecular complexity index is 1710. The van der Waals surface area contributed by atoms with Crippen molar-refractivity contribution in [2.45, 2.75) is 374 Å². The molecule has 3 N–H and O–H groups in total. The lowest BCUT2D eigenvalue weighted by Crippen LogP contribution is -2.30. The fourth-order valence-corrected chi connectivity index (χ4v) is 12.0. The summed E-state index contributed by atoms with van der Waals surface area (Å²) in [6.45, 7) is 7.24. The molecule has 0 saturated heterocycles. The van der Waals surface area contributed by atoms with Gasteiger partial charge in [0.25, 0.3) is 0 Å². The molecule has 522 valence electrons. The number of ether oxygens (including phenoxy) is 4. The second-order valence-electron chi connectivity index (χ2n) is 25.2. The van der Waals surface area contributed by atoms with Crippen LogP contribution in [-0.2, 0) is 65.4 Å². The number of aliphatic hydroxyl groups is 1. The number of phosphoric acid groups is 2. The zero-order valence-corrected chi connectivity index (χ0v) is 58.6. The first-order valence-corrected chi connectivity index (χ1v) is 39.2. The van der Waals surface area contributed by atoms with Crippen molar-refractivity contribution in [1.29, 1.82) is 0 Å². The third kappa shape index (κ3) is 61.6. The van der Waals surface area contributed by atoms with Crippen molar-refractivity contribution in [2.75, 3.05) is 39.6 Å². The van der Waals surface area contributed by atoms with Gasteiger partial charge in [-0.2, -0.15) is 0 Å². The lowest BCUT2D eigenvalue weighted by atomic mass is 9.99. The van der Waals surface area contributed by atoms with E-state index in [4.69, 9.17) is 37.0 Å². The molecule has 0 bridgehead atoms. The minimum atomic E-state index is -4.95. The summed E-state index contributed by atoms with van der Waals surface area (Å²) in [5, 5.41) is 10.5. The molecule has 88 heavy (non-hydrogen) atoms. The fraction of sp³-hybridized carbons (Fsp3) is 0.942. The summed E-state index contributed by atoms with van der Waals surface area (Å²) in [5.41, 5.74) is 0. The van der Waals surface area contributed by atoms with Crippen molar-refractivity contribution in [2.24, 2.45) is 5.92 Å². The molecule has 0 saturated carbocycles. The van der Waals surface area contributed by atoms with Crippen LogP contribution < -0.4 is 0 Å². The highest BCUT2D eigenvalue weighted by molar-refractivity contribution is 7.47. The Morgan fingerprint density at radius 2 is 0.545 bits per heavy atom. The van der Waals surface area contributed by atoms with Crippen LogP contribution in [0.15, 0.2) is 0 Å². The maximum absolute atomic E-state index is 13.0. The predicted octanol–water partition coefficient (Wildman–Crippen LogP) is 19.7. The van der Waals surface area contributed by atoms with Crippen molar-refractivity contribution in [1.82, 2.24) is 0 Å². The number of hydrogen-bond acceptors (Lipinski definition) is 15. The van der Waals surface area contributed by atoms with Crippen molar-refractivity contribution < 1.29 is 80.2 Å². The monoisotopic (exact) mass is 1300 g/mol. The predicted molar refractivity (Wildman–Crippen MR) is 354 cm³/mol. The molecular weight excluding hydrogens is 1160 g/mol. The number of aliphatic hydroxyl groups excluding tert-OH is 1. The van der Waals surface area contributed by atoms with Crippen LogP contribution >= 0.6 is 15.6 Å². The van der Waals surface area contributed by atoms with Crippen LogP contribution in [0.5, 0.6) is 0 Å². The molecule has 0 amide bonds. The number of esters is 4. The largest absolute Gasteiger partial charge is 0.472 e. The van der Waals surface area contributed by atoms with Crippen LogP contribution in [0, 0.1) is 5.92 Å². The van der Waals surface area contributed by atoms with Crippen LogP contribution in [0.4, 0.5) is 0 Å².